The molecule has 4 nitrogen and oxygen atoms in total. The zero-order chi connectivity index (χ0) is 18.4. The summed E-state index contributed by atoms with van der Waals surface area (Å²) in [5.74, 6) is -1.50. The molecule has 2 aromatic rings. The number of carboxylic acid groups (broad SMARTS) is 1. The minimum absolute atomic E-state index is 0.0207. The molecule has 26 heavy (non-hydrogen) atoms. The Morgan fingerprint density at radius 2 is 1.65 bits per heavy atom. The number of carbonyl (C=O) groups excluding carboxylic acids is 1. The molecule has 134 valence electrons. The minimum atomic E-state index is -0.835. The monoisotopic (exact) mass is 349 g/mol. The van der Waals surface area contributed by atoms with Crippen molar-refractivity contribution in [2.24, 2.45) is 5.92 Å². The number of carbonyl (C=O) groups is 2. The average Bonchev–Trinajstić information content (AvgIpc) is 3.12. The van der Waals surface area contributed by atoms with Gasteiger partial charge in [0.25, 0.3) is 0 Å². The average molecular weight is 349 g/mol. The zero-order valence-corrected chi connectivity index (χ0v) is 14.6. The summed E-state index contributed by atoms with van der Waals surface area (Å²) in [7, 11) is 0. The fourth-order valence-corrected chi connectivity index (χ4v) is 3.44. The topological polar surface area (TPSA) is 57.6 Å². The third kappa shape index (κ3) is 4.39. The Balaban J connectivity index is 1.58. The second-order valence-electron chi connectivity index (χ2n) is 6.61. The molecule has 3 rings (SSSR count). The van der Waals surface area contributed by atoms with Crippen molar-refractivity contribution in [1.29, 1.82) is 0 Å². The summed E-state index contributed by atoms with van der Waals surface area (Å²) in [6, 6.07) is 19.6. The molecule has 0 saturated carbocycles. The fraction of sp³-hybridized carbons (Fsp3) is 0.273. The highest BCUT2D eigenvalue weighted by atomic mass is 16.4. The predicted molar refractivity (Wildman–Crippen MR) is 102 cm³/mol. The largest absolute Gasteiger partial charge is 0.481 e. The van der Waals surface area contributed by atoms with Crippen LogP contribution in [-0.4, -0.2) is 35.0 Å². The number of hydrogen-bond donors (Lipinski definition) is 1. The molecule has 2 atom stereocenters. The van der Waals surface area contributed by atoms with Crippen molar-refractivity contribution in [1.82, 2.24) is 4.90 Å². The van der Waals surface area contributed by atoms with Gasteiger partial charge in [0.05, 0.1) is 5.92 Å². The van der Waals surface area contributed by atoms with Crippen LogP contribution in [0.4, 0.5) is 0 Å². The van der Waals surface area contributed by atoms with Gasteiger partial charge in [-0.15, -0.1) is 0 Å². The van der Waals surface area contributed by atoms with Gasteiger partial charge in [0.1, 0.15) is 0 Å². The molecule has 0 aromatic heterocycles. The molecule has 1 heterocycles. The fourth-order valence-electron chi connectivity index (χ4n) is 3.44. The zero-order valence-electron chi connectivity index (χ0n) is 14.6. The Morgan fingerprint density at radius 1 is 1.00 bits per heavy atom. The van der Waals surface area contributed by atoms with Crippen molar-refractivity contribution >= 4 is 18.0 Å². The third-order valence-corrected chi connectivity index (χ3v) is 4.85. The standard InChI is InChI=1S/C22H23NO3/c24-21(14-8-7-11-17-9-3-1-4-10-17)23-15-19(20(16-23)22(25)26)18-12-5-2-6-13-18/h1-7,9-13,19-20H,8,14-16H2,(H,25,26)/b11-7+/t19-,20-/m1/s1. The molecule has 0 radical (unpaired) electrons. The van der Waals surface area contributed by atoms with Gasteiger partial charge in [-0.05, 0) is 17.5 Å². The lowest BCUT2D eigenvalue weighted by molar-refractivity contribution is -0.141. The van der Waals surface area contributed by atoms with E-state index in [-0.39, 0.29) is 18.4 Å². The van der Waals surface area contributed by atoms with Gasteiger partial charge in [0.2, 0.25) is 5.91 Å². The number of amides is 1. The first kappa shape index (κ1) is 17.9. The molecule has 2 aromatic carbocycles. The van der Waals surface area contributed by atoms with E-state index >= 15 is 0 Å². The van der Waals surface area contributed by atoms with Crippen LogP contribution in [-0.2, 0) is 9.59 Å². The highest BCUT2D eigenvalue weighted by Gasteiger charge is 2.39. The van der Waals surface area contributed by atoms with E-state index in [4.69, 9.17) is 0 Å². The normalized spacial score (nSPS) is 19.8. The summed E-state index contributed by atoms with van der Waals surface area (Å²) in [4.78, 5) is 25.8. The maximum Gasteiger partial charge on any atom is 0.308 e. The molecule has 1 fully saturated rings. The molecule has 4 heteroatoms. The van der Waals surface area contributed by atoms with E-state index in [0.717, 1.165) is 11.1 Å². The van der Waals surface area contributed by atoms with Crippen LogP contribution in [0.2, 0.25) is 0 Å². The number of rotatable bonds is 6. The second-order valence-corrected chi connectivity index (χ2v) is 6.61. The number of hydrogen-bond acceptors (Lipinski definition) is 2. The van der Waals surface area contributed by atoms with Crippen molar-refractivity contribution in [3.8, 4) is 0 Å². The van der Waals surface area contributed by atoms with Gasteiger partial charge < -0.3 is 10.0 Å². The molecule has 0 unspecified atom stereocenters. The number of aliphatic carboxylic acids is 1. The Hall–Kier alpha value is -2.88. The maximum atomic E-state index is 12.5. The molecule has 0 aliphatic carbocycles. The van der Waals surface area contributed by atoms with Gasteiger partial charge in [-0.1, -0.05) is 72.8 Å². The van der Waals surface area contributed by atoms with E-state index in [0.29, 0.717) is 19.4 Å². The number of benzene rings is 2. The third-order valence-electron chi connectivity index (χ3n) is 4.85. The quantitative estimate of drug-likeness (QED) is 0.863. The molecule has 1 N–H and O–H groups in total. The molecule has 1 amide bonds. The van der Waals surface area contributed by atoms with Crippen LogP contribution in [0.25, 0.3) is 6.08 Å². The van der Waals surface area contributed by atoms with Gasteiger partial charge in [0.15, 0.2) is 0 Å². The van der Waals surface area contributed by atoms with Crippen molar-refractivity contribution in [2.45, 2.75) is 18.8 Å². The summed E-state index contributed by atoms with van der Waals surface area (Å²) in [6.45, 7) is 0.762. The van der Waals surface area contributed by atoms with Crippen LogP contribution in [0.15, 0.2) is 66.7 Å². The van der Waals surface area contributed by atoms with E-state index in [1.807, 2.05) is 72.8 Å². The second kappa shape index (κ2) is 8.48. The number of likely N-dealkylation sites (tertiary alicyclic amines) is 1. The summed E-state index contributed by atoms with van der Waals surface area (Å²) < 4.78 is 0. The van der Waals surface area contributed by atoms with Crippen LogP contribution in [0.3, 0.4) is 0 Å². The van der Waals surface area contributed by atoms with Crippen LogP contribution in [0.5, 0.6) is 0 Å². The molecule has 1 aliphatic heterocycles. The van der Waals surface area contributed by atoms with Crippen molar-refractivity contribution < 1.29 is 14.7 Å². The Morgan fingerprint density at radius 3 is 2.31 bits per heavy atom. The first-order valence-electron chi connectivity index (χ1n) is 8.92. The van der Waals surface area contributed by atoms with Crippen LogP contribution >= 0.6 is 0 Å². The van der Waals surface area contributed by atoms with Crippen LogP contribution in [0.1, 0.15) is 29.9 Å². The summed E-state index contributed by atoms with van der Waals surface area (Å²) >= 11 is 0. The highest BCUT2D eigenvalue weighted by molar-refractivity contribution is 5.80. The Kier molecular flexibility index (Phi) is 5.84. The van der Waals surface area contributed by atoms with Crippen molar-refractivity contribution in [2.75, 3.05) is 13.1 Å². The van der Waals surface area contributed by atoms with Gasteiger partial charge in [-0.25, -0.2) is 0 Å². The Labute approximate surface area is 153 Å². The first-order chi connectivity index (χ1) is 12.6. The highest BCUT2D eigenvalue weighted by Crippen LogP contribution is 2.33. The number of nitrogens with zero attached hydrogens (tertiary/aromatic N) is 1. The molecule has 1 saturated heterocycles. The van der Waals surface area contributed by atoms with Crippen molar-refractivity contribution in [3.05, 3.63) is 77.9 Å². The summed E-state index contributed by atoms with van der Waals surface area (Å²) in [5.41, 5.74) is 2.09. The summed E-state index contributed by atoms with van der Waals surface area (Å²) in [5, 5.41) is 9.54. The number of allylic oxidation sites excluding steroid dienone is 1. The van der Waals surface area contributed by atoms with E-state index in [2.05, 4.69) is 0 Å². The van der Waals surface area contributed by atoms with Crippen LogP contribution < -0.4 is 0 Å². The molecule has 1 aliphatic rings. The Bertz CT molecular complexity index is 770. The minimum Gasteiger partial charge on any atom is -0.481 e. The lowest BCUT2D eigenvalue weighted by Crippen LogP contribution is -2.29. The van der Waals surface area contributed by atoms with Crippen molar-refractivity contribution in [3.63, 3.8) is 0 Å². The predicted octanol–water partition coefficient (Wildman–Crippen LogP) is 3.81. The van der Waals surface area contributed by atoms with Gasteiger partial charge in [-0.2, -0.15) is 0 Å². The summed E-state index contributed by atoms with van der Waals surface area (Å²) in [6.07, 6.45) is 5.05. The van der Waals surface area contributed by atoms with E-state index in [1.54, 1.807) is 4.90 Å². The SMILES string of the molecule is O=C(O)[C@@H]1CN(C(=O)CC/C=C/c2ccccc2)C[C@@H]1c1ccccc1. The van der Waals surface area contributed by atoms with Gasteiger partial charge in [0, 0.05) is 25.4 Å². The van der Waals surface area contributed by atoms with Crippen LogP contribution in [0, 0.1) is 5.92 Å². The van der Waals surface area contributed by atoms with E-state index in [1.165, 1.54) is 0 Å². The lowest BCUT2D eigenvalue weighted by atomic mass is 9.89. The lowest BCUT2D eigenvalue weighted by Gasteiger charge is -2.16. The molecule has 0 spiro atoms. The molecular weight excluding hydrogens is 326 g/mol. The molecular formula is C22H23NO3. The molecule has 0 bridgehead atoms. The number of carboxylic acids is 1. The van der Waals surface area contributed by atoms with E-state index < -0.39 is 11.9 Å². The first-order valence-corrected chi connectivity index (χ1v) is 8.92. The van der Waals surface area contributed by atoms with Gasteiger partial charge in [-0.3, -0.25) is 9.59 Å². The maximum absolute atomic E-state index is 12.5. The smallest absolute Gasteiger partial charge is 0.308 e. The van der Waals surface area contributed by atoms with E-state index in [9.17, 15) is 14.7 Å². The van der Waals surface area contributed by atoms with Gasteiger partial charge >= 0.3 is 5.97 Å².